The van der Waals surface area contributed by atoms with Gasteiger partial charge in [0.1, 0.15) is 17.5 Å². The molecule has 3 nitrogen and oxygen atoms in total. The molecule has 0 unspecified atom stereocenters. The van der Waals surface area contributed by atoms with Gasteiger partial charge in [-0.3, -0.25) is 0 Å². The Hall–Kier alpha value is -1.97. The Morgan fingerprint density at radius 3 is 2.74 bits per heavy atom. The first-order chi connectivity index (χ1) is 9.11. The van der Waals surface area contributed by atoms with E-state index >= 15 is 0 Å². The summed E-state index contributed by atoms with van der Waals surface area (Å²) in [6, 6.07) is 7.04. The lowest BCUT2D eigenvalue weighted by Crippen LogP contribution is -2.31. The summed E-state index contributed by atoms with van der Waals surface area (Å²) in [5, 5.41) is 0. The van der Waals surface area contributed by atoms with Gasteiger partial charge in [-0.25, -0.2) is 14.4 Å². The third kappa shape index (κ3) is 2.43. The molecule has 0 atom stereocenters. The first-order valence-electron chi connectivity index (χ1n) is 6.46. The number of benzene rings is 1. The number of hydrogen-bond donors (Lipinski definition) is 0. The molecular weight excluding hydrogens is 241 g/mol. The second-order valence-corrected chi connectivity index (χ2v) is 5.00. The highest BCUT2D eigenvalue weighted by atomic mass is 19.1. The van der Waals surface area contributed by atoms with E-state index in [0.29, 0.717) is 0 Å². The molecule has 0 bridgehead atoms. The lowest BCUT2D eigenvalue weighted by molar-refractivity contribution is 0.618. The molecule has 1 aliphatic rings. The predicted octanol–water partition coefficient (Wildman–Crippen LogP) is 2.80. The van der Waals surface area contributed by atoms with Gasteiger partial charge in [-0.2, -0.15) is 0 Å². The van der Waals surface area contributed by atoms with E-state index in [4.69, 9.17) is 0 Å². The van der Waals surface area contributed by atoms with Gasteiger partial charge >= 0.3 is 0 Å². The number of hydrogen-bond acceptors (Lipinski definition) is 3. The van der Waals surface area contributed by atoms with E-state index in [0.717, 1.165) is 42.4 Å². The molecule has 2 aromatic rings. The summed E-state index contributed by atoms with van der Waals surface area (Å²) in [4.78, 5) is 11.0. The van der Waals surface area contributed by atoms with Gasteiger partial charge in [0.15, 0.2) is 0 Å². The van der Waals surface area contributed by atoms with Crippen LogP contribution in [0.15, 0.2) is 24.3 Å². The molecule has 0 aliphatic carbocycles. The van der Waals surface area contributed by atoms with Crippen LogP contribution < -0.4 is 4.90 Å². The first-order valence-corrected chi connectivity index (χ1v) is 6.46. The lowest BCUT2D eigenvalue weighted by atomic mass is 9.99. The molecule has 4 heteroatoms. The quantitative estimate of drug-likeness (QED) is 0.786. The second kappa shape index (κ2) is 4.61. The van der Waals surface area contributed by atoms with Gasteiger partial charge in [-0.05, 0) is 43.5 Å². The van der Waals surface area contributed by atoms with Crippen molar-refractivity contribution in [2.24, 2.45) is 0 Å². The van der Waals surface area contributed by atoms with Crippen LogP contribution in [-0.4, -0.2) is 16.5 Å². The van der Waals surface area contributed by atoms with Crippen molar-refractivity contribution in [3.8, 4) is 0 Å². The zero-order valence-corrected chi connectivity index (χ0v) is 11.2. The fourth-order valence-electron chi connectivity index (χ4n) is 2.58. The van der Waals surface area contributed by atoms with E-state index in [1.165, 1.54) is 11.6 Å². The highest BCUT2D eigenvalue weighted by Gasteiger charge is 2.18. The summed E-state index contributed by atoms with van der Waals surface area (Å²) in [5.41, 5.74) is 3.27. The molecule has 0 radical (unpaired) electrons. The standard InChI is InChI=1S/C15H16FN3/c1-10-7-15(18-11(2)17-10)19-6-5-12-8-14(16)4-3-13(12)9-19/h3-4,7-8H,5-6,9H2,1-2H3. The van der Waals surface area contributed by atoms with Gasteiger partial charge in [0.05, 0.1) is 0 Å². The number of nitrogens with zero attached hydrogens (tertiary/aromatic N) is 3. The maximum absolute atomic E-state index is 13.2. The van der Waals surface area contributed by atoms with Gasteiger partial charge < -0.3 is 4.90 Å². The lowest BCUT2D eigenvalue weighted by Gasteiger charge is -2.30. The summed E-state index contributed by atoms with van der Waals surface area (Å²) in [6.45, 7) is 5.53. The minimum absolute atomic E-state index is 0.152. The molecule has 19 heavy (non-hydrogen) atoms. The molecule has 1 aliphatic heterocycles. The second-order valence-electron chi connectivity index (χ2n) is 5.00. The average Bonchev–Trinajstić information content (AvgIpc) is 2.37. The SMILES string of the molecule is Cc1cc(N2CCc3cc(F)ccc3C2)nc(C)n1. The Morgan fingerprint density at radius 1 is 1.11 bits per heavy atom. The molecule has 2 heterocycles. The molecule has 3 rings (SSSR count). The normalized spacial score (nSPS) is 14.4. The number of halogens is 1. The summed E-state index contributed by atoms with van der Waals surface area (Å²) in [7, 11) is 0. The third-order valence-electron chi connectivity index (χ3n) is 3.46. The van der Waals surface area contributed by atoms with Crippen LogP contribution in [0.5, 0.6) is 0 Å². The maximum atomic E-state index is 13.2. The fraction of sp³-hybridized carbons (Fsp3) is 0.333. The van der Waals surface area contributed by atoms with Crippen molar-refractivity contribution in [1.29, 1.82) is 0 Å². The number of fused-ring (bicyclic) bond motifs is 1. The Kier molecular flexibility index (Phi) is 2.93. The smallest absolute Gasteiger partial charge is 0.132 e. The number of aryl methyl sites for hydroxylation is 2. The Labute approximate surface area is 112 Å². The van der Waals surface area contributed by atoms with Crippen LogP contribution in [0.2, 0.25) is 0 Å². The van der Waals surface area contributed by atoms with Crippen LogP contribution in [0.3, 0.4) is 0 Å². The molecule has 0 fully saturated rings. The van der Waals surface area contributed by atoms with Crippen molar-refractivity contribution >= 4 is 5.82 Å². The molecule has 0 saturated carbocycles. The van der Waals surface area contributed by atoms with Gasteiger partial charge in [0, 0.05) is 24.8 Å². The molecule has 1 aromatic heterocycles. The summed E-state index contributed by atoms with van der Waals surface area (Å²) in [5.74, 6) is 1.60. The number of rotatable bonds is 1. The highest BCUT2D eigenvalue weighted by Crippen LogP contribution is 2.24. The predicted molar refractivity (Wildman–Crippen MR) is 72.7 cm³/mol. The van der Waals surface area contributed by atoms with Crippen molar-refractivity contribution in [1.82, 2.24) is 9.97 Å². The Balaban J connectivity index is 1.91. The molecule has 0 spiro atoms. The van der Waals surface area contributed by atoms with E-state index in [1.54, 1.807) is 6.07 Å². The summed E-state index contributed by atoms with van der Waals surface area (Å²) in [6.07, 6.45) is 0.856. The highest BCUT2D eigenvalue weighted by molar-refractivity contribution is 5.45. The van der Waals surface area contributed by atoms with Gasteiger partial charge in [-0.1, -0.05) is 6.07 Å². The van der Waals surface area contributed by atoms with Crippen molar-refractivity contribution in [2.75, 3.05) is 11.4 Å². The van der Waals surface area contributed by atoms with Crippen LogP contribution >= 0.6 is 0 Å². The van der Waals surface area contributed by atoms with Crippen molar-refractivity contribution in [3.05, 3.63) is 52.7 Å². The van der Waals surface area contributed by atoms with Gasteiger partial charge in [-0.15, -0.1) is 0 Å². The number of anilines is 1. The zero-order chi connectivity index (χ0) is 13.4. The van der Waals surface area contributed by atoms with E-state index in [2.05, 4.69) is 14.9 Å². The van der Waals surface area contributed by atoms with Crippen LogP contribution in [0.4, 0.5) is 10.2 Å². The van der Waals surface area contributed by atoms with Crippen LogP contribution in [-0.2, 0) is 13.0 Å². The van der Waals surface area contributed by atoms with Crippen molar-refractivity contribution in [2.45, 2.75) is 26.8 Å². The van der Waals surface area contributed by atoms with E-state index < -0.39 is 0 Å². The van der Waals surface area contributed by atoms with E-state index in [1.807, 2.05) is 26.0 Å². The zero-order valence-electron chi connectivity index (χ0n) is 11.2. The van der Waals surface area contributed by atoms with Crippen LogP contribution in [0.1, 0.15) is 22.6 Å². The third-order valence-corrected chi connectivity index (χ3v) is 3.46. The molecule has 98 valence electrons. The Morgan fingerprint density at radius 2 is 1.95 bits per heavy atom. The minimum Gasteiger partial charge on any atom is -0.352 e. The van der Waals surface area contributed by atoms with Gasteiger partial charge in [0.2, 0.25) is 0 Å². The van der Waals surface area contributed by atoms with Crippen LogP contribution in [0.25, 0.3) is 0 Å². The number of aromatic nitrogens is 2. The molecule has 0 N–H and O–H groups in total. The maximum Gasteiger partial charge on any atom is 0.132 e. The minimum atomic E-state index is -0.152. The summed E-state index contributed by atoms with van der Waals surface area (Å²) >= 11 is 0. The topological polar surface area (TPSA) is 29.0 Å². The van der Waals surface area contributed by atoms with E-state index in [9.17, 15) is 4.39 Å². The summed E-state index contributed by atoms with van der Waals surface area (Å²) < 4.78 is 13.2. The fourth-order valence-corrected chi connectivity index (χ4v) is 2.58. The molecule has 0 saturated heterocycles. The monoisotopic (exact) mass is 257 g/mol. The van der Waals surface area contributed by atoms with E-state index in [-0.39, 0.29) is 5.82 Å². The molecular formula is C15H16FN3. The van der Waals surface area contributed by atoms with Gasteiger partial charge in [0.25, 0.3) is 0 Å². The molecule has 1 aromatic carbocycles. The first kappa shape index (κ1) is 12.1. The van der Waals surface area contributed by atoms with Crippen molar-refractivity contribution < 1.29 is 4.39 Å². The van der Waals surface area contributed by atoms with Crippen LogP contribution in [0, 0.1) is 19.7 Å². The average molecular weight is 257 g/mol. The van der Waals surface area contributed by atoms with Crippen molar-refractivity contribution in [3.63, 3.8) is 0 Å². The molecule has 0 amide bonds. The largest absolute Gasteiger partial charge is 0.352 e. The Bertz CT molecular complexity index is 605.